The van der Waals surface area contributed by atoms with Crippen LogP contribution >= 0.6 is 0 Å². The predicted octanol–water partition coefficient (Wildman–Crippen LogP) is 4.09. The highest BCUT2D eigenvalue weighted by molar-refractivity contribution is 5.51. The summed E-state index contributed by atoms with van der Waals surface area (Å²) < 4.78 is 28.7. The van der Waals surface area contributed by atoms with Crippen molar-refractivity contribution < 1.29 is 8.78 Å². The molecule has 118 valence electrons. The smallest absolute Gasteiger partial charge is 0.149 e. The van der Waals surface area contributed by atoms with Gasteiger partial charge in [0.2, 0.25) is 0 Å². The Kier molecular flexibility index (Phi) is 5.97. The first-order chi connectivity index (χ1) is 10.2. The molecule has 0 amide bonds. The lowest BCUT2D eigenvalue weighted by Gasteiger charge is -2.25. The van der Waals surface area contributed by atoms with Crippen LogP contribution in [0.3, 0.4) is 0 Å². The van der Waals surface area contributed by atoms with Crippen LogP contribution < -0.4 is 10.2 Å². The Morgan fingerprint density at radius 2 is 1.81 bits per heavy atom. The maximum Gasteiger partial charge on any atom is 0.149 e. The van der Waals surface area contributed by atoms with Crippen molar-refractivity contribution in [2.75, 3.05) is 24.5 Å². The minimum absolute atomic E-state index is 0.156. The Bertz CT molecular complexity index is 435. The first-order valence-electron chi connectivity index (χ1n) is 8.09. The molecule has 1 fully saturated rings. The Balaban J connectivity index is 2.13. The molecule has 1 saturated carbocycles. The summed E-state index contributed by atoms with van der Waals surface area (Å²) in [5, 5.41) is 3.17. The molecule has 1 aromatic rings. The van der Waals surface area contributed by atoms with Crippen LogP contribution in [-0.2, 0) is 6.54 Å². The van der Waals surface area contributed by atoms with Gasteiger partial charge in [0.25, 0.3) is 0 Å². The summed E-state index contributed by atoms with van der Waals surface area (Å²) in [5.41, 5.74) is 0.827. The van der Waals surface area contributed by atoms with E-state index in [2.05, 4.69) is 12.2 Å². The van der Waals surface area contributed by atoms with Crippen molar-refractivity contribution in [1.82, 2.24) is 5.32 Å². The van der Waals surface area contributed by atoms with E-state index >= 15 is 0 Å². The summed E-state index contributed by atoms with van der Waals surface area (Å²) >= 11 is 0. The van der Waals surface area contributed by atoms with Gasteiger partial charge in [-0.1, -0.05) is 13.8 Å². The van der Waals surface area contributed by atoms with E-state index in [0.717, 1.165) is 25.9 Å². The molecule has 21 heavy (non-hydrogen) atoms. The van der Waals surface area contributed by atoms with Crippen molar-refractivity contribution in [3.05, 3.63) is 29.3 Å². The van der Waals surface area contributed by atoms with E-state index in [-0.39, 0.29) is 5.69 Å². The zero-order valence-electron chi connectivity index (χ0n) is 13.1. The van der Waals surface area contributed by atoms with Gasteiger partial charge in [-0.15, -0.1) is 0 Å². The fourth-order valence-corrected chi connectivity index (χ4v) is 2.61. The molecule has 1 N–H and O–H groups in total. The minimum Gasteiger partial charge on any atom is -0.367 e. The molecule has 1 aromatic carbocycles. The largest absolute Gasteiger partial charge is 0.367 e. The van der Waals surface area contributed by atoms with E-state index in [4.69, 9.17) is 0 Å². The number of anilines is 1. The topological polar surface area (TPSA) is 15.3 Å². The number of benzene rings is 1. The van der Waals surface area contributed by atoms with Crippen molar-refractivity contribution >= 4 is 5.69 Å². The molecule has 0 spiro atoms. The summed E-state index contributed by atoms with van der Waals surface area (Å²) in [5.74, 6) is -0.254. The molecule has 0 aromatic heterocycles. The standard InChI is InChI=1S/C17H26F2N2/c1-3-7-20-11-14-9-15(18)17(16(19)10-14)21(8-4-2)12-13-5-6-13/h9-10,13,20H,3-8,11-12H2,1-2H3. The maximum atomic E-state index is 14.4. The van der Waals surface area contributed by atoms with Gasteiger partial charge in [-0.25, -0.2) is 8.78 Å². The van der Waals surface area contributed by atoms with Gasteiger partial charge in [0, 0.05) is 19.6 Å². The van der Waals surface area contributed by atoms with Crippen molar-refractivity contribution in [1.29, 1.82) is 0 Å². The third-order valence-electron chi connectivity index (χ3n) is 3.82. The van der Waals surface area contributed by atoms with Crippen LogP contribution in [-0.4, -0.2) is 19.6 Å². The molecule has 1 aliphatic carbocycles. The average Bonchev–Trinajstić information content (AvgIpc) is 3.22. The van der Waals surface area contributed by atoms with Crippen LogP contribution in [0, 0.1) is 17.6 Å². The van der Waals surface area contributed by atoms with Gasteiger partial charge >= 0.3 is 0 Å². The fourth-order valence-electron chi connectivity index (χ4n) is 2.61. The third-order valence-corrected chi connectivity index (χ3v) is 3.82. The van der Waals surface area contributed by atoms with Crippen LogP contribution in [0.1, 0.15) is 45.1 Å². The first-order valence-corrected chi connectivity index (χ1v) is 8.09. The van der Waals surface area contributed by atoms with Gasteiger partial charge in [-0.2, -0.15) is 0 Å². The second-order valence-corrected chi connectivity index (χ2v) is 5.97. The maximum absolute atomic E-state index is 14.4. The Morgan fingerprint density at radius 1 is 1.14 bits per heavy atom. The number of nitrogens with zero attached hydrogens (tertiary/aromatic N) is 1. The van der Waals surface area contributed by atoms with E-state index in [1.165, 1.54) is 25.0 Å². The number of hydrogen-bond donors (Lipinski definition) is 1. The second kappa shape index (κ2) is 7.74. The van der Waals surface area contributed by atoms with Gasteiger partial charge < -0.3 is 10.2 Å². The lowest BCUT2D eigenvalue weighted by molar-refractivity contribution is 0.557. The molecule has 0 bridgehead atoms. The summed E-state index contributed by atoms with van der Waals surface area (Å²) in [6, 6.07) is 2.94. The van der Waals surface area contributed by atoms with Crippen LogP contribution in [0.4, 0.5) is 14.5 Å². The van der Waals surface area contributed by atoms with Crippen molar-refractivity contribution in [2.24, 2.45) is 5.92 Å². The molecule has 0 atom stereocenters. The summed E-state index contributed by atoms with van der Waals surface area (Å²) in [7, 11) is 0. The van der Waals surface area contributed by atoms with Gasteiger partial charge in [0.1, 0.15) is 17.3 Å². The number of hydrogen-bond acceptors (Lipinski definition) is 2. The molecule has 4 heteroatoms. The molecule has 0 saturated heterocycles. The van der Waals surface area contributed by atoms with Gasteiger partial charge in [0.05, 0.1) is 0 Å². The molecule has 0 aliphatic heterocycles. The van der Waals surface area contributed by atoms with Crippen LogP contribution in [0.15, 0.2) is 12.1 Å². The van der Waals surface area contributed by atoms with Crippen molar-refractivity contribution in [3.8, 4) is 0 Å². The summed E-state index contributed by atoms with van der Waals surface area (Å²) in [4.78, 5) is 1.88. The van der Waals surface area contributed by atoms with Crippen LogP contribution in [0.2, 0.25) is 0 Å². The van der Waals surface area contributed by atoms with Gasteiger partial charge in [-0.3, -0.25) is 0 Å². The number of halogens is 2. The summed E-state index contributed by atoms with van der Waals surface area (Å²) in [6.45, 7) is 6.95. The quantitative estimate of drug-likeness (QED) is 0.690. The Labute approximate surface area is 126 Å². The van der Waals surface area contributed by atoms with Crippen LogP contribution in [0.5, 0.6) is 0 Å². The SMILES string of the molecule is CCCNCc1cc(F)c(N(CCC)CC2CC2)c(F)c1. The highest BCUT2D eigenvalue weighted by Gasteiger charge is 2.27. The first kappa shape index (κ1) is 16.2. The molecule has 2 rings (SSSR count). The normalized spacial score (nSPS) is 14.5. The highest BCUT2D eigenvalue weighted by Crippen LogP contribution is 2.33. The Hall–Kier alpha value is -1.16. The minimum atomic E-state index is -0.433. The van der Waals surface area contributed by atoms with E-state index in [9.17, 15) is 8.78 Å². The second-order valence-electron chi connectivity index (χ2n) is 5.97. The van der Waals surface area contributed by atoms with Crippen LogP contribution in [0.25, 0.3) is 0 Å². The zero-order chi connectivity index (χ0) is 15.2. The zero-order valence-corrected chi connectivity index (χ0v) is 13.1. The molecular formula is C17H26F2N2. The van der Waals surface area contributed by atoms with Gasteiger partial charge in [-0.05, 0) is 55.8 Å². The lowest BCUT2D eigenvalue weighted by Crippen LogP contribution is -2.28. The number of nitrogens with one attached hydrogen (secondary N) is 1. The third kappa shape index (κ3) is 4.67. The lowest BCUT2D eigenvalue weighted by atomic mass is 10.1. The molecular weight excluding hydrogens is 270 g/mol. The van der Waals surface area contributed by atoms with E-state index < -0.39 is 11.6 Å². The summed E-state index contributed by atoms with van der Waals surface area (Å²) in [6.07, 6.45) is 4.27. The highest BCUT2D eigenvalue weighted by atomic mass is 19.1. The van der Waals surface area contributed by atoms with E-state index in [1.807, 2.05) is 11.8 Å². The average molecular weight is 296 g/mol. The number of rotatable bonds is 9. The molecule has 0 radical (unpaired) electrons. The Morgan fingerprint density at radius 3 is 2.33 bits per heavy atom. The molecule has 1 aliphatic rings. The van der Waals surface area contributed by atoms with E-state index in [0.29, 0.717) is 24.6 Å². The molecule has 0 heterocycles. The van der Waals surface area contributed by atoms with Crippen molar-refractivity contribution in [3.63, 3.8) is 0 Å². The van der Waals surface area contributed by atoms with Gasteiger partial charge in [0.15, 0.2) is 0 Å². The fraction of sp³-hybridized carbons (Fsp3) is 0.647. The predicted molar refractivity (Wildman–Crippen MR) is 83.6 cm³/mol. The van der Waals surface area contributed by atoms with Crippen molar-refractivity contribution in [2.45, 2.75) is 46.1 Å². The molecule has 2 nitrogen and oxygen atoms in total. The van der Waals surface area contributed by atoms with E-state index in [1.54, 1.807) is 0 Å². The monoisotopic (exact) mass is 296 g/mol. The molecule has 0 unspecified atom stereocenters.